The summed E-state index contributed by atoms with van der Waals surface area (Å²) in [4.78, 5) is 11.6. The topological polar surface area (TPSA) is 55.8 Å². The molecule has 2 fully saturated rings. The second-order valence-corrected chi connectivity index (χ2v) is 8.91. The lowest BCUT2D eigenvalue weighted by atomic mass is 9.91. The van der Waals surface area contributed by atoms with Gasteiger partial charge in [-0.05, 0) is 18.4 Å². The molecule has 7 heteroatoms. The Morgan fingerprint density at radius 1 is 1.36 bits per heavy atom. The molecule has 1 aromatic rings. The zero-order valence-corrected chi connectivity index (χ0v) is 16.5. The zero-order chi connectivity index (χ0) is 17.8. The number of rotatable bonds is 7. The van der Waals surface area contributed by atoms with Gasteiger partial charge in [0.1, 0.15) is 6.10 Å². The van der Waals surface area contributed by atoms with Gasteiger partial charge in [0, 0.05) is 18.3 Å². The van der Waals surface area contributed by atoms with E-state index in [1.165, 1.54) is 5.56 Å². The first-order chi connectivity index (χ1) is 12.0. The van der Waals surface area contributed by atoms with Gasteiger partial charge < -0.3 is 14.5 Å². The summed E-state index contributed by atoms with van der Waals surface area (Å²) in [6, 6.07) is 10.2. The fraction of sp³-hybridized carbons (Fsp3) is 0.500. The average molecular weight is 378 g/mol. The lowest BCUT2D eigenvalue weighted by Crippen LogP contribution is -2.24. The molecule has 3 rings (SSSR count). The van der Waals surface area contributed by atoms with Crippen molar-refractivity contribution in [3.63, 3.8) is 0 Å². The Morgan fingerprint density at radius 2 is 2.12 bits per heavy atom. The molecule has 3 unspecified atom stereocenters. The Hall–Kier alpha value is -0.725. The molecule has 0 radical (unpaired) electrons. The van der Waals surface area contributed by atoms with Gasteiger partial charge in [-0.15, -0.1) is 18.2 Å². The summed E-state index contributed by atoms with van der Waals surface area (Å²) in [6.45, 7) is 0. The molecule has 2 aliphatic rings. The van der Waals surface area contributed by atoms with Gasteiger partial charge in [0.2, 0.25) is 0 Å². The predicted octanol–water partition coefficient (Wildman–Crippen LogP) is 2.61. The molecule has 1 aliphatic carbocycles. The van der Waals surface area contributed by atoms with Crippen molar-refractivity contribution in [2.45, 2.75) is 44.0 Å². The Morgan fingerprint density at radius 3 is 2.84 bits per heavy atom. The third-order valence-corrected chi connectivity index (χ3v) is 5.32. The molecular formula is C18H25BO4P2. The van der Waals surface area contributed by atoms with Crippen molar-refractivity contribution < 1.29 is 19.3 Å². The molecule has 0 spiro atoms. The molecule has 1 heterocycles. The third-order valence-electron chi connectivity index (χ3n) is 5.01. The standard InChI is InChI=1S/C18H25BO4P2/c20-13(7-6-12-4-2-1-3-5-12)8-9-14-15-10-18(21)22-16(15)11-17(14)23-19(24)25/h1-5,8-9,13-17,20H,6-7,10-11,24-25H2/t13?,14-,15-,16+,17-/m1/s1. The minimum absolute atomic E-state index is 0.0145. The van der Waals surface area contributed by atoms with Gasteiger partial charge in [-0.25, -0.2) is 0 Å². The maximum atomic E-state index is 11.6. The number of carbonyl (C=O) groups excluding carboxylic acids is 1. The van der Waals surface area contributed by atoms with Gasteiger partial charge in [-0.3, -0.25) is 4.79 Å². The number of hydrogen-bond donors (Lipinski definition) is 1. The van der Waals surface area contributed by atoms with Gasteiger partial charge in [0.05, 0.1) is 18.6 Å². The summed E-state index contributed by atoms with van der Waals surface area (Å²) in [6.07, 6.45) is 6.01. The number of ether oxygens (including phenoxy) is 1. The quantitative estimate of drug-likeness (QED) is 0.343. The first-order valence-corrected chi connectivity index (χ1v) is 10.1. The maximum absolute atomic E-state index is 11.6. The van der Waals surface area contributed by atoms with E-state index in [9.17, 15) is 9.90 Å². The van der Waals surface area contributed by atoms with Crippen molar-refractivity contribution in [2.75, 3.05) is 0 Å². The number of aliphatic hydroxyl groups excluding tert-OH is 1. The van der Waals surface area contributed by atoms with Crippen LogP contribution < -0.4 is 0 Å². The summed E-state index contributed by atoms with van der Waals surface area (Å²) in [5, 5.41) is 10.3. The number of carbonyl (C=O) groups is 1. The molecule has 4 nitrogen and oxygen atoms in total. The van der Waals surface area contributed by atoms with E-state index in [1.807, 2.05) is 30.4 Å². The second kappa shape index (κ2) is 8.78. The van der Waals surface area contributed by atoms with Gasteiger partial charge in [-0.1, -0.05) is 42.5 Å². The normalized spacial score (nSPS) is 29.6. The zero-order valence-electron chi connectivity index (χ0n) is 14.2. The fourth-order valence-electron chi connectivity index (χ4n) is 3.82. The summed E-state index contributed by atoms with van der Waals surface area (Å²) < 4.78 is 11.4. The Bertz CT molecular complexity index is 610. The van der Waals surface area contributed by atoms with Crippen molar-refractivity contribution in [3.8, 4) is 0 Å². The summed E-state index contributed by atoms with van der Waals surface area (Å²) >= 11 is 0. The highest BCUT2D eigenvalue weighted by Crippen LogP contribution is 2.44. The highest BCUT2D eigenvalue weighted by Gasteiger charge is 2.49. The van der Waals surface area contributed by atoms with E-state index in [0.717, 1.165) is 12.8 Å². The van der Waals surface area contributed by atoms with E-state index in [1.54, 1.807) is 0 Å². The first-order valence-electron chi connectivity index (χ1n) is 8.79. The molecule has 0 amide bonds. The molecule has 1 N–H and O–H groups in total. The smallest absolute Gasteiger partial charge is 0.336 e. The number of hydrogen-bond acceptors (Lipinski definition) is 4. The minimum Gasteiger partial charge on any atom is -0.462 e. The lowest BCUT2D eigenvalue weighted by molar-refractivity contribution is -0.141. The number of esters is 1. The summed E-state index contributed by atoms with van der Waals surface area (Å²) in [5.74, 6) is 0.139. The Kier molecular flexibility index (Phi) is 6.69. The number of fused-ring (bicyclic) bond motifs is 1. The van der Waals surface area contributed by atoms with Crippen molar-refractivity contribution in [1.29, 1.82) is 0 Å². The van der Waals surface area contributed by atoms with Crippen LogP contribution in [-0.4, -0.2) is 35.7 Å². The lowest BCUT2D eigenvalue weighted by Gasteiger charge is -2.22. The van der Waals surface area contributed by atoms with Gasteiger partial charge in [0.25, 0.3) is 0 Å². The predicted molar refractivity (Wildman–Crippen MR) is 106 cm³/mol. The molecule has 0 aromatic heterocycles. The highest BCUT2D eigenvalue weighted by molar-refractivity contribution is 7.92. The summed E-state index contributed by atoms with van der Waals surface area (Å²) in [7, 11) is 5.22. The van der Waals surface area contributed by atoms with Crippen molar-refractivity contribution >= 4 is 30.6 Å². The Balaban J connectivity index is 1.59. The summed E-state index contributed by atoms with van der Waals surface area (Å²) in [5.41, 5.74) is 1.22. The molecule has 1 saturated heterocycles. The van der Waals surface area contributed by atoms with E-state index in [0.29, 0.717) is 12.8 Å². The van der Waals surface area contributed by atoms with Crippen LogP contribution in [0.15, 0.2) is 42.5 Å². The maximum Gasteiger partial charge on any atom is 0.336 e. The molecule has 1 aliphatic heterocycles. The molecule has 25 heavy (non-hydrogen) atoms. The SMILES string of the molecule is O=C1C[C@@H]2[C@@H](C=CC(O)CCc3ccccc3)[C@H](OB(P)P)C[C@@H]2O1. The van der Waals surface area contributed by atoms with Crippen LogP contribution >= 0.6 is 18.2 Å². The average Bonchev–Trinajstić information content (AvgIpc) is 3.07. The molecule has 7 atom stereocenters. The van der Waals surface area contributed by atoms with Gasteiger partial charge >= 0.3 is 12.3 Å². The second-order valence-electron chi connectivity index (χ2n) is 6.83. The largest absolute Gasteiger partial charge is 0.462 e. The van der Waals surface area contributed by atoms with E-state index in [-0.39, 0.29) is 36.4 Å². The monoisotopic (exact) mass is 378 g/mol. The third kappa shape index (κ3) is 5.14. The van der Waals surface area contributed by atoms with Crippen molar-refractivity contribution in [2.24, 2.45) is 11.8 Å². The van der Waals surface area contributed by atoms with Crippen molar-refractivity contribution in [3.05, 3.63) is 48.0 Å². The van der Waals surface area contributed by atoms with Gasteiger partial charge in [0.15, 0.2) is 0 Å². The van der Waals surface area contributed by atoms with Crippen LogP contribution in [0.2, 0.25) is 0 Å². The van der Waals surface area contributed by atoms with Crippen molar-refractivity contribution in [1.82, 2.24) is 0 Å². The van der Waals surface area contributed by atoms with Crippen LogP contribution in [0.4, 0.5) is 0 Å². The van der Waals surface area contributed by atoms with Crippen LogP contribution in [0.3, 0.4) is 0 Å². The molecule has 0 bridgehead atoms. The highest BCUT2D eigenvalue weighted by atomic mass is 31.1. The minimum atomic E-state index is -0.499. The molecule has 1 saturated carbocycles. The van der Waals surface area contributed by atoms with E-state index in [2.05, 4.69) is 30.4 Å². The van der Waals surface area contributed by atoms with Gasteiger partial charge in [-0.2, -0.15) is 0 Å². The number of aryl methyl sites for hydroxylation is 1. The van der Waals surface area contributed by atoms with Crippen LogP contribution in [-0.2, 0) is 20.6 Å². The fourth-order valence-corrected chi connectivity index (χ4v) is 4.23. The van der Waals surface area contributed by atoms with Crippen LogP contribution in [0.25, 0.3) is 0 Å². The van der Waals surface area contributed by atoms with Crippen LogP contribution in [0.5, 0.6) is 0 Å². The molecule has 1 aromatic carbocycles. The van der Waals surface area contributed by atoms with Crippen LogP contribution in [0, 0.1) is 11.8 Å². The number of aliphatic hydroxyl groups is 1. The first kappa shape index (κ1) is 19.0. The van der Waals surface area contributed by atoms with E-state index in [4.69, 9.17) is 9.39 Å². The number of benzene rings is 1. The van der Waals surface area contributed by atoms with E-state index >= 15 is 0 Å². The Labute approximate surface area is 154 Å². The molecular weight excluding hydrogens is 353 g/mol. The van der Waals surface area contributed by atoms with E-state index < -0.39 is 6.10 Å². The molecule has 134 valence electrons. The van der Waals surface area contributed by atoms with Crippen LogP contribution in [0.1, 0.15) is 24.8 Å².